The summed E-state index contributed by atoms with van der Waals surface area (Å²) in [6.45, 7) is 18.6. The third kappa shape index (κ3) is 9.42. The predicted molar refractivity (Wildman–Crippen MR) is 261 cm³/mol. The number of nitrogens with two attached hydrogens (primary N) is 1. The number of allylic oxidation sites excluding steroid dienone is 1. The van der Waals surface area contributed by atoms with E-state index in [2.05, 4.69) is 67.8 Å². The Morgan fingerprint density at radius 1 is 0.859 bits per heavy atom. The fourth-order valence-electron chi connectivity index (χ4n) is 13.3. The molecule has 3 saturated carbocycles. The molecular formula is C53H78N6O5. The van der Waals surface area contributed by atoms with E-state index in [-0.39, 0.29) is 6.10 Å². The van der Waals surface area contributed by atoms with Crippen LogP contribution in [0.4, 0.5) is 17.2 Å². The number of para-hydroxylation sites is 1. The van der Waals surface area contributed by atoms with Crippen molar-refractivity contribution in [2.24, 2.45) is 46.3 Å². The molecule has 0 amide bonds. The zero-order chi connectivity index (χ0) is 45.0. The van der Waals surface area contributed by atoms with Crippen LogP contribution in [0.1, 0.15) is 131 Å². The van der Waals surface area contributed by atoms with E-state index in [0.717, 1.165) is 89.9 Å². The van der Waals surface area contributed by atoms with E-state index in [0.29, 0.717) is 86.2 Å². The van der Waals surface area contributed by atoms with Crippen molar-refractivity contribution in [3.8, 4) is 0 Å². The monoisotopic (exact) mass is 879 g/mol. The number of hydrogen-bond acceptors (Lipinski definition) is 10. The van der Waals surface area contributed by atoms with Gasteiger partial charge in [-0.3, -0.25) is 9.59 Å². The Labute approximate surface area is 381 Å². The Kier molecular flexibility index (Phi) is 14.9. The van der Waals surface area contributed by atoms with Gasteiger partial charge in [0.05, 0.1) is 50.2 Å². The summed E-state index contributed by atoms with van der Waals surface area (Å²) in [5.41, 5.74) is 11.0. The number of aromatic nitrogens is 3. The quantitative estimate of drug-likeness (QED) is 0.0374. The molecule has 4 N–H and O–H groups in total. The molecule has 4 aromatic rings. The van der Waals surface area contributed by atoms with Crippen molar-refractivity contribution in [1.29, 1.82) is 0 Å². The maximum Gasteiger partial charge on any atom is 0.253 e. The van der Waals surface area contributed by atoms with Crippen LogP contribution < -0.4 is 27.2 Å². The summed E-state index contributed by atoms with van der Waals surface area (Å²) in [4.78, 5) is 34.6. The molecule has 2 aromatic heterocycles. The standard InChI is InChI=1S/C53H78N6O5/c1-7-8-16-44-58-47-48(39-14-9-10-15-43(39)57-51(47)54)59(44)27-25-55-45-46(50(61)49(45)60)56-26-28-62-29-30-63-31-32-64-37-21-23-52(5)36(33-37)17-18-38-41-20-19-40(35(4)13-11-12-34(2)3)53(41,6)24-22-42(38)52/h9-10,14-15,17,34-35,37-38,40-42,55-56H,7-8,11-13,16,18-33H2,1-6H3,(H2,54,57)/t35-,37+,38+,40-,41+,42+,52+,53-/m1/s1. The number of benzene rings is 1. The summed E-state index contributed by atoms with van der Waals surface area (Å²) in [6, 6.07) is 7.93. The third-order valence-electron chi connectivity index (χ3n) is 16.8. The van der Waals surface area contributed by atoms with E-state index in [4.69, 9.17) is 24.9 Å². The highest BCUT2D eigenvalue weighted by Crippen LogP contribution is 2.67. The van der Waals surface area contributed by atoms with Crippen molar-refractivity contribution in [3.63, 3.8) is 0 Å². The number of unbranched alkanes of at least 4 members (excludes halogenated alkanes) is 1. The van der Waals surface area contributed by atoms with Crippen LogP contribution in [-0.2, 0) is 27.2 Å². The maximum absolute atomic E-state index is 12.6. The number of nitrogen functional groups attached to an aromatic ring is 1. The summed E-state index contributed by atoms with van der Waals surface area (Å²) >= 11 is 0. The van der Waals surface area contributed by atoms with Crippen LogP contribution in [0.25, 0.3) is 21.9 Å². The minimum Gasteiger partial charge on any atom is -0.382 e. The van der Waals surface area contributed by atoms with Gasteiger partial charge in [0.15, 0.2) is 5.82 Å². The first kappa shape index (κ1) is 46.7. The number of nitrogens with one attached hydrogen (secondary N) is 2. The van der Waals surface area contributed by atoms with E-state index < -0.39 is 10.9 Å². The number of anilines is 3. The fourth-order valence-corrected chi connectivity index (χ4v) is 13.3. The van der Waals surface area contributed by atoms with Crippen molar-refractivity contribution in [2.75, 3.05) is 62.5 Å². The first-order valence-electron chi connectivity index (χ1n) is 25.3. The number of fused-ring (bicyclic) bond motifs is 8. The second kappa shape index (κ2) is 20.4. The van der Waals surface area contributed by atoms with Gasteiger partial charge in [-0.15, -0.1) is 0 Å². The molecule has 0 unspecified atom stereocenters. The molecule has 0 spiro atoms. The van der Waals surface area contributed by atoms with E-state index in [1.807, 2.05) is 24.3 Å². The van der Waals surface area contributed by atoms with Gasteiger partial charge < -0.3 is 35.1 Å². The molecule has 64 heavy (non-hydrogen) atoms. The number of nitrogens with zero attached hydrogens (tertiary/aromatic N) is 3. The summed E-state index contributed by atoms with van der Waals surface area (Å²) < 4.78 is 20.3. The molecular weight excluding hydrogens is 801 g/mol. The molecule has 8 atom stereocenters. The highest BCUT2D eigenvalue weighted by molar-refractivity contribution is 6.06. The summed E-state index contributed by atoms with van der Waals surface area (Å²) in [5.74, 6) is 6.51. The van der Waals surface area contributed by atoms with E-state index in [9.17, 15) is 9.59 Å². The fraction of sp³-hybridized carbons (Fsp3) is 0.698. The topological polar surface area (TPSA) is 143 Å². The van der Waals surface area contributed by atoms with Crippen molar-refractivity contribution in [1.82, 2.24) is 14.5 Å². The van der Waals surface area contributed by atoms with Gasteiger partial charge in [0, 0.05) is 31.4 Å². The highest BCUT2D eigenvalue weighted by Gasteiger charge is 2.59. The zero-order valence-corrected chi connectivity index (χ0v) is 39.9. The Bertz CT molecular complexity index is 2310. The molecule has 0 aliphatic heterocycles. The minimum atomic E-state index is -0.504. The zero-order valence-electron chi connectivity index (χ0n) is 39.9. The molecule has 11 heteroatoms. The SMILES string of the molecule is CCCCc1nc2c(N)nc3ccccc3c2n1CCNc1c(NCCOCCOCCO[C@H]2CC[C@@]3(C)C(=CC[C@H]4[C@@H]5CC[C@H]([C@H](C)CCCC(C)C)[C@@]5(C)CC[C@@H]43)C2)c(=O)c1=O. The van der Waals surface area contributed by atoms with Crippen LogP contribution >= 0.6 is 0 Å². The summed E-state index contributed by atoms with van der Waals surface area (Å²) in [5, 5.41) is 7.33. The van der Waals surface area contributed by atoms with Crippen LogP contribution in [0.2, 0.25) is 0 Å². The predicted octanol–water partition coefficient (Wildman–Crippen LogP) is 10.1. The lowest BCUT2D eigenvalue weighted by Crippen LogP contribution is -2.51. The molecule has 4 aliphatic carbocycles. The van der Waals surface area contributed by atoms with Crippen LogP contribution in [0.3, 0.4) is 0 Å². The van der Waals surface area contributed by atoms with Gasteiger partial charge in [0.1, 0.15) is 22.7 Å². The lowest BCUT2D eigenvalue weighted by Gasteiger charge is -2.58. The molecule has 0 saturated heterocycles. The second-order valence-electron chi connectivity index (χ2n) is 21.0. The molecule has 11 nitrogen and oxygen atoms in total. The van der Waals surface area contributed by atoms with Gasteiger partial charge in [-0.1, -0.05) is 97.1 Å². The maximum atomic E-state index is 12.6. The van der Waals surface area contributed by atoms with Crippen molar-refractivity contribution < 1.29 is 14.2 Å². The number of pyridine rings is 1. The van der Waals surface area contributed by atoms with Crippen LogP contribution in [0.5, 0.6) is 0 Å². The van der Waals surface area contributed by atoms with E-state index in [1.165, 1.54) is 57.8 Å². The summed E-state index contributed by atoms with van der Waals surface area (Å²) in [7, 11) is 0. The number of rotatable bonds is 23. The van der Waals surface area contributed by atoms with Crippen molar-refractivity contribution >= 4 is 39.1 Å². The number of aryl methyl sites for hydroxylation is 1. The average Bonchev–Trinajstić information content (AvgIpc) is 3.84. The Morgan fingerprint density at radius 3 is 2.39 bits per heavy atom. The molecule has 4 aliphatic rings. The minimum absolute atomic E-state index is 0.277. The van der Waals surface area contributed by atoms with Crippen LogP contribution in [-0.4, -0.2) is 66.8 Å². The normalized spacial score (nSPS) is 27.2. The molecule has 3 fully saturated rings. The lowest BCUT2D eigenvalue weighted by molar-refractivity contribution is -0.0688. The molecule has 2 heterocycles. The second-order valence-corrected chi connectivity index (χ2v) is 21.0. The third-order valence-corrected chi connectivity index (χ3v) is 16.8. The largest absolute Gasteiger partial charge is 0.382 e. The number of hydrogen-bond donors (Lipinski definition) is 3. The first-order valence-corrected chi connectivity index (χ1v) is 25.3. The first-order chi connectivity index (χ1) is 30.9. The Morgan fingerprint density at radius 2 is 1.61 bits per heavy atom. The lowest BCUT2D eigenvalue weighted by atomic mass is 9.47. The van der Waals surface area contributed by atoms with Gasteiger partial charge in [0.25, 0.3) is 10.9 Å². The smallest absolute Gasteiger partial charge is 0.253 e. The molecule has 8 rings (SSSR count). The molecule has 2 aromatic carbocycles. The van der Waals surface area contributed by atoms with Gasteiger partial charge in [-0.25, -0.2) is 9.97 Å². The molecule has 0 radical (unpaired) electrons. The number of imidazole rings is 1. The van der Waals surface area contributed by atoms with Crippen LogP contribution in [0.15, 0.2) is 45.5 Å². The molecule has 0 bridgehead atoms. The van der Waals surface area contributed by atoms with E-state index >= 15 is 0 Å². The van der Waals surface area contributed by atoms with Crippen molar-refractivity contribution in [3.05, 3.63) is 62.2 Å². The van der Waals surface area contributed by atoms with Crippen LogP contribution in [0, 0.1) is 46.3 Å². The van der Waals surface area contributed by atoms with Gasteiger partial charge in [0.2, 0.25) is 0 Å². The van der Waals surface area contributed by atoms with Gasteiger partial charge >= 0.3 is 0 Å². The average molecular weight is 879 g/mol. The van der Waals surface area contributed by atoms with Gasteiger partial charge in [-0.2, -0.15) is 0 Å². The van der Waals surface area contributed by atoms with Crippen molar-refractivity contribution in [2.45, 2.75) is 144 Å². The Hall–Kier alpha value is -3.80. The highest BCUT2D eigenvalue weighted by atomic mass is 16.5. The number of ether oxygens (including phenoxy) is 3. The Balaban J connectivity index is 0.725. The van der Waals surface area contributed by atoms with Gasteiger partial charge in [-0.05, 0) is 110 Å². The van der Waals surface area contributed by atoms with E-state index in [1.54, 1.807) is 5.57 Å². The summed E-state index contributed by atoms with van der Waals surface area (Å²) in [6.07, 6.45) is 20.4. The molecule has 350 valence electrons.